The lowest BCUT2D eigenvalue weighted by atomic mass is 9.96. The fraction of sp³-hybridized carbons (Fsp3) is 0.571. The lowest BCUT2D eigenvalue weighted by Gasteiger charge is -2.23. The number of anilines is 1. The molecule has 1 aliphatic carbocycles. The Morgan fingerprint density at radius 1 is 0.944 bits per heavy atom. The third-order valence-corrected chi connectivity index (χ3v) is 4.51. The first-order chi connectivity index (χ1) is 8.66. The Morgan fingerprint density at radius 3 is 2.00 bits per heavy atom. The molecule has 1 fully saturated rings. The second kappa shape index (κ2) is 7.02. The van der Waals surface area contributed by atoms with Crippen molar-refractivity contribution in [2.45, 2.75) is 51.0 Å². The number of hydrogen-bond acceptors (Lipinski definition) is 1. The fourth-order valence-corrected chi connectivity index (χ4v) is 3.80. The molecule has 0 aromatic heterocycles. The van der Waals surface area contributed by atoms with Crippen molar-refractivity contribution in [3.63, 3.8) is 0 Å². The molecule has 0 bridgehead atoms. The summed E-state index contributed by atoms with van der Waals surface area (Å²) in [7, 11) is 0. The van der Waals surface area contributed by atoms with Gasteiger partial charge in [0.25, 0.3) is 0 Å². The highest BCUT2D eigenvalue weighted by Crippen LogP contribution is 2.35. The van der Waals surface area contributed by atoms with Gasteiger partial charge in [-0.15, -0.1) is 0 Å². The zero-order chi connectivity index (χ0) is 13.0. The average molecular weight is 351 g/mol. The highest BCUT2D eigenvalue weighted by Gasteiger charge is 2.15. The van der Waals surface area contributed by atoms with Crippen LogP contribution in [0.15, 0.2) is 16.6 Å². The summed E-state index contributed by atoms with van der Waals surface area (Å²) in [4.78, 5) is 0. The highest BCUT2D eigenvalue weighted by atomic mass is 79.9. The van der Waals surface area contributed by atoms with Crippen molar-refractivity contribution in [1.29, 1.82) is 0 Å². The van der Waals surface area contributed by atoms with Crippen molar-refractivity contribution < 1.29 is 0 Å². The first kappa shape index (κ1) is 14.5. The van der Waals surface area contributed by atoms with E-state index >= 15 is 0 Å². The monoisotopic (exact) mass is 349 g/mol. The maximum atomic E-state index is 6.25. The Kier molecular flexibility index (Phi) is 5.65. The first-order valence-electron chi connectivity index (χ1n) is 6.58. The van der Waals surface area contributed by atoms with E-state index in [9.17, 15) is 0 Å². The number of nitrogens with one attached hydrogen (secondary N) is 1. The topological polar surface area (TPSA) is 12.0 Å². The zero-order valence-corrected chi connectivity index (χ0v) is 13.4. The average Bonchev–Trinajstić information content (AvgIpc) is 2.25. The molecule has 0 radical (unpaired) electrons. The molecule has 0 aliphatic heterocycles. The van der Waals surface area contributed by atoms with Crippen LogP contribution in [0.2, 0.25) is 10.0 Å². The van der Waals surface area contributed by atoms with Crippen molar-refractivity contribution in [2.75, 3.05) is 5.32 Å². The van der Waals surface area contributed by atoms with Crippen LogP contribution in [0.5, 0.6) is 0 Å². The molecule has 1 aliphatic rings. The third kappa shape index (κ3) is 4.04. The van der Waals surface area contributed by atoms with Crippen molar-refractivity contribution in [1.82, 2.24) is 0 Å². The highest BCUT2D eigenvalue weighted by molar-refractivity contribution is 9.10. The van der Waals surface area contributed by atoms with E-state index in [1.165, 1.54) is 44.9 Å². The predicted molar refractivity (Wildman–Crippen MR) is 83.9 cm³/mol. The van der Waals surface area contributed by atoms with Gasteiger partial charge in [-0.05, 0) is 25.0 Å². The molecule has 100 valence electrons. The molecule has 18 heavy (non-hydrogen) atoms. The second-order valence-electron chi connectivity index (χ2n) is 4.93. The molecule has 0 saturated heterocycles. The summed E-state index contributed by atoms with van der Waals surface area (Å²) in [5.41, 5.74) is 0.882. The molecular formula is C14H18BrCl2N. The minimum Gasteiger partial charge on any atom is -0.380 e. The van der Waals surface area contributed by atoms with Gasteiger partial charge < -0.3 is 5.32 Å². The predicted octanol–water partition coefficient (Wildman–Crippen LogP) is 6.28. The van der Waals surface area contributed by atoms with Gasteiger partial charge in [-0.2, -0.15) is 0 Å². The number of benzene rings is 1. The van der Waals surface area contributed by atoms with E-state index in [2.05, 4.69) is 21.2 Å². The molecule has 0 unspecified atom stereocenters. The lowest BCUT2D eigenvalue weighted by Crippen LogP contribution is -2.21. The molecule has 0 spiro atoms. The summed E-state index contributed by atoms with van der Waals surface area (Å²) < 4.78 is 0.917. The maximum absolute atomic E-state index is 6.25. The fourth-order valence-electron chi connectivity index (χ4n) is 2.48. The summed E-state index contributed by atoms with van der Waals surface area (Å²) in [6.07, 6.45) is 9.09. The van der Waals surface area contributed by atoms with E-state index in [-0.39, 0.29) is 0 Å². The van der Waals surface area contributed by atoms with E-state index in [0.29, 0.717) is 16.1 Å². The van der Waals surface area contributed by atoms with Gasteiger partial charge in [0.05, 0.1) is 15.7 Å². The minimum absolute atomic E-state index is 0.501. The summed E-state index contributed by atoms with van der Waals surface area (Å²) in [5, 5.41) is 4.91. The summed E-state index contributed by atoms with van der Waals surface area (Å²) in [6, 6.07) is 4.28. The van der Waals surface area contributed by atoms with Crippen LogP contribution in [-0.2, 0) is 0 Å². The van der Waals surface area contributed by atoms with Gasteiger partial charge in [0.15, 0.2) is 0 Å². The van der Waals surface area contributed by atoms with Crippen LogP contribution in [0.1, 0.15) is 44.9 Å². The number of hydrogen-bond donors (Lipinski definition) is 1. The molecule has 2 rings (SSSR count). The second-order valence-corrected chi connectivity index (χ2v) is 6.66. The van der Waals surface area contributed by atoms with Crippen molar-refractivity contribution in [2.24, 2.45) is 0 Å². The standard InChI is InChI=1S/C14H18BrCl2N/c15-10-8-12(16)14(13(17)9-10)18-11-6-4-2-1-3-5-7-11/h8-9,11,18H,1-7H2. The van der Waals surface area contributed by atoms with E-state index in [0.717, 1.165) is 10.2 Å². The Morgan fingerprint density at radius 2 is 1.44 bits per heavy atom. The van der Waals surface area contributed by atoms with Crippen molar-refractivity contribution >= 4 is 44.8 Å². The summed E-state index contributed by atoms with van der Waals surface area (Å²) >= 11 is 15.9. The van der Waals surface area contributed by atoms with E-state index in [1.54, 1.807) is 0 Å². The Bertz CT molecular complexity index is 378. The van der Waals surface area contributed by atoms with E-state index in [4.69, 9.17) is 23.2 Å². The van der Waals surface area contributed by atoms with Crippen molar-refractivity contribution in [3.8, 4) is 0 Å². The van der Waals surface area contributed by atoms with Gasteiger partial charge in [-0.3, -0.25) is 0 Å². The van der Waals surface area contributed by atoms with Crippen LogP contribution < -0.4 is 5.32 Å². The molecule has 1 saturated carbocycles. The largest absolute Gasteiger partial charge is 0.380 e. The summed E-state index contributed by atoms with van der Waals surface area (Å²) in [6.45, 7) is 0. The molecule has 0 amide bonds. The Labute approximate surface area is 127 Å². The van der Waals surface area contributed by atoms with Crippen LogP contribution in [0.3, 0.4) is 0 Å². The normalized spacial score (nSPS) is 18.2. The van der Waals surface area contributed by atoms with E-state index in [1.807, 2.05) is 12.1 Å². The molecule has 1 aromatic rings. The minimum atomic E-state index is 0.501. The smallest absolute Gasteiger partial charge is 0.0721 e. The van der Waals surface area contributed by atoms with Crippen molar-refractivity contribution in [3.05, 3.63) is 26.7 Å². The summed E-state index contributed by atoms with van der Waals surface area (Å²) in [5.74, 6) is 0. The quantitative estimate of drug-likeness (QED) is 0.661. The van der Waals surface area contributed by atoms with Gasteiger partial charge in [0, 0.05) is 10.5 Å². The molecule has 4 heteroatoms. The molecule has 1 aromatic carbocycles. The van der Waals surface area contributed by atoms with Gasteiger partial charge in [0.2, 0.25) is 0 Å². The first-order valence-corrected chi connectivity index (χ1v) is 8.13. The lowest BCUT2D eigenvalue weighted by molar-refractivity contribution is 0.471. The molecule has 0 heterocycles. The van der Waals surface area contributed by atoms with Gasteiger partial charge in [0.1, 0.15) is 0 Å². The van der Waals surface area contributed by atoms with Crippen LogP contribution in [0, 0.1) is 0 Å². The molecule has 1 N–H and O–H groups in total. The van der Waals surface area contributed by atoms with Crippen LogP contribution in [0.25, 0.3) is 0 Å². The van der Waals surface area contributed by atoms with Gasteiger partial charge in [-0.1, -0.05) is 71.2 Å². The van der Waals surface area contributed by atoms with Gasteiger partial charge in [-0.25, -0.2) is 0 Å². The SMILES string of the molecule is Clc1cc(Br)cc(Cl)c1NC1CCCCCCC1. The van der Waals surface area contributed by atoms with E-state index < -0.39 is 0 Å². The molecule has 1 nitrogen and oxygen atoms in total. The zero-order valence-electron chi connectivity index (χ0n) is 10.3. The van der Waals surface area contributed by atoms with Gasteiger partial charge >= 0.3 is 0 Å². The Hall–Kier alpha value is 0.0800. The maximum Gasteiger partial charge on any atom is 0.0721 e. The van der Waals surface area contributed by atoms with Crippen LogP contribution in [-0.4, -0.2) is 6.04 Å². The van der Waals surface area contributed by atoms with Crippen LogP contribution in [0.4, 0.5) is 5.69 Å². The number of halogens is 3. The third-order valence-electron chi connectivity index (χ3n) is 3.46. The molecular weight excluding hydrogens is 333 g/mol. The molecule has 0 atom stereocenters. The number of rotatable bonds is 2. The van der Waals surface area contributed by atoms with Crippen LogP contribution >= 0.6 is 39.1 Å². The Balaban J connectivity index is 2.07.